The van der Waals surface area contributed by atoms with Gasteiger partial charge in [-0.15, -0.1) is 0 Å². The van der Waals surface area contributed by atoms with E-state index in [2.05, 4.69) is 0 Å². The lowest BCUT2D eigenvalue weighted by molar-refractivity contribution is 0.798. The van der Waals surface area contributed by atoms with Gasteiger partial charge in [-0.2, -0.15) is 4.39 Å². The minimum atomic E-state index is -0.977. The second kappa shape index (κ2) is 3.34. The van der Waals surface area contributed by atoms with Crippen molar-refractivity contribution in [2.24, 2.45) is 0 Å². The van der Waals surface area contributed by atoms with Crippen LogP contribution in [0.4, 0.5) is 10.1 Å². The molecule has 0 radical (unpaired) electrons. The molecule has 1 aromatic carbocycles. The van der Waals surface area contributed by atoms with Crippen LogP contribution in [-0.4, -0.2) is 5.97 Å². The minimum absolute atomic E-state index is 0.173. The Morgan fingerprint density at radius 3 is 2.67 bits per heavy atom. The molecule has 0 aliphatic rings. The summed E-state index contributed by atoms with van der Waals surface area (Å²) in [6.07, 6.45) is 0.865. The molecule has 0 heterocycles. The first-order chi connectivity index (χ1) is 5.65. The Bertz CT molecular complexity index is 307. The lowest BCUT2D eigenvalue weighted by Crippen LogP contribution is -1.99. The lowest BCUT2D eigenvalue weighted by Gasteiger charge is -2.02. The molecule has 0 amide bonds. The summed E-state index contributed by atoms with van der Waals surface area (Å²) >= 11 is 0. The zero-order valence-corrected chi connectivity index (χ0v) is 6.89. The molecule has 0 aliphatic heterocycles. The molecule has 0 unspecified atom stereocenters. The molecule has 0 saturated heterocycles. The Kier molecular flexibility index (Phi) is 2.43. The summed E-state index contributed by atoms with van der Waals surface area (Å²) in [5, 5.41) is 6.76. The smallest absolute Gasteiger partial charge is 0.214 e. The SMILES string of the molecule is CCc1ccc(C(=N)F)c(N)c1. The van der Waals surface area contributed by atoms with Crippen LogP contribution in [-0.2, 0) is 6.42 Å². The van der Waals surface area contributed by atoms with Crippen LogP contribution < -0.4 is 5.73 Å². The van der Waals surface area contributed by atoms with Gasteiger partial charge in [-0.05, 0) is 24.1 Å². The van der Waals surface area contributed by atoms with Gasteiger partial charge < -0.3 is 5.73 Å². The monoisotopic (exact) mass is 166 g/mol. The van der Waals surface area contributed by atoms with Crippen LogP contribution in [0.15, 0.2) is 18.2 Å². The molecular formula is C9H11FN2. The summed E-state index contributed by atoms with van der Waals surface area (Å²) in [6.45, 7) is 2.00. The first-order valence-corrected chi connectivity index (χ1v) is 3.78. The topological polar surface area (TPSA) is 49.9 Å². The van der Waals surface area contributed by atoms with Gasteiger partial charge in [-0.3, -0.25) is 5.41 Å². The van der Waals surface area contributed by atoms with E-state index in [9.17, 15) is 4.39 Å². The molecule has 64 valence electrons. The normalized spacial score (nSPS) is 9.83. The number of anilines is 1. The molecule has 1 aromatic rings. The highest BCUT2D eigenvalue weighted by Gasteiger charge is 2.04. The summed E-state index contributed by atoms with van der Waals surface area (Å²) in [7, 11) is 0. The number of nitrogens with one attached hydrogen (secondary N) is 1. The van der Waals surface area contributed by atoms with Gasteiger partial charge in [0.25, 0.3) is 0 Å². The van der Waals surface area contributed by atoms with Gasteiger partial charge in [0.1, 0.15) is 0 Å². The average molecular weight is 166 g/mol. The Morgan fingerprint density at radius 2 is 2.25 bits per heavy atom. The van der Waals surface area contributed by atoms with Crippen molar-refractivity contribution in [2.45, 2.75) is 13.3 Å². The van der Waals surface area contributed by atoms with Gasteiger partial charge >= 0.3 is 0 Å². The first-order valence-electron chi connectivity index (χ1n) is 3.78. The summed E-state index contributed by atoms with van der Waals surface area (Å²) in [5.74, 6) is -0.977. The van der Waals surface area contributed by atoms with Crippen molar-refractivity contribution >= 4 is 11.7 Å². The molecule has 0 saturated carbocycles. The van der Waals surface area contributed by atoms with E-state index in [0.717, 1.165) is 12.0 Å². The summed E-state index contributed by atoms with van der Waals surface area (Å²) in [5.41, 5.74) is 7.08. The van der Waals surface area contributed by atoms with Crippen molar-refractivity contribution in [2.75, 3.05) is 5.73 Å². The number of halogens is 1. The second-order valence-corrected chi connectivity index (χ2v) is 2.59. The average Bonchev–Trinajstić information content (AvgIpc) is 2.03. The van der Waals surface area contributed by atoms with Gasteiger partial charge in [0.05, 0.1) is 5.56 Å². The highest BCUT2D eigenvalue weighted by Crippen LogP contribution is 2.15. The van der Waals surface area contributed by atoms with Crippen LogP contribution in [0.3, 0.4) is 0 Å². The van der Waals surface area contributed by atoms with E-state index in [-0.39, 0.29) is 5.56 Å². The zero-order valence-electron chi connectivity index (χ0n) is 6.89. The van der Waals surface area contributed by atoms with E-state index in [1.54, 1.807) is 12.1 Å². The number of aryl methyl sites for hydroxylation is 1. The van der Waals surface area contributed by atoms with Gasteiger partial charge in [-0.1, -0.05) is 13.0 Å². The van der Waals surface area contributed by atoms with Crippen LogP contribution in [0.25, 0.3) is 0 Å². The Hall–Kier alpha value is -1.38. The first kappa shape index (κ1) is 8.71. The maximum atomic E-state index is 12.4. The number of hydrogen-bond acceptors (Lipinski definition) is 2. The molecule has 0 aliphatic carbocycles. The van der Waals surface area contributed by atoms with Crippen LogP contribution in [0.1, 0.15) is 18.1 Å². The van der Waals surface area contributed by atoms with Crippen molar-refractivity contribution in [1.82, 2.24) is 0 Å². The van der Waals surface area contributed by atoms with E-state index in [1.807, 2.05) is 6.92 Å². The number of hydrogen-bond donors (Lipinski definition) is 2. The summed E-state index contributed by atoms with van der Waals surface area (Å²) in [6, 6.07) is 5.01. The third-order valence-corrected chi connectivity index (χ3v) is 1.76. The van der Waals surface area contributed by atoms with Gasteiger partial charge in [0.15, 0.2) is 0 Å². The fourth-order valence-electron chi connectivity index (χ4n) is 1.03. The fourth-order valence-corrected chi connectivity index (χ4v) is 1.03. The van der Waals surface area contributed by atoms with Gasteiger partial charge in [0, 0.05) is 5.69 Å². The molecule has 0 atom stereocenters. The highest BCUT2D eigenvalue weighted by atomic mass is 19.1. The minimum Gasteiger partial charge on any atom is -0.398 e. The number of rotatable bonds is 2. The van der Waals surface area contributed by atoms with Crippen molar-refractivity contribution < 1.29 is 4.39 Å². The third-order valence-electron chi connectivity index (χ3n) is 1.76. The van der Waals surface area contributed by atoms with Crippen LogP contribution >= 0.6 is 0 Å². The van der Waals surface area contributed by atoms with E-state index in [0.29, 0.717) is 5.69 Å². The van der Waals surface area contributed by atoms with Crippen molar-refractivity contribution in [3.63, 3.8) is 0 Å². The molecule has 3 heteroatoms. The van der Waals surface area contributed by atoms with Crippen molar-refractivity contribution in [1.29, 1.82) is 5.41 Å². The predicted molar refractivity (Wildman–Crippen MR) is 48.2 cm³/mol. The lowest BCUT2D eigenvalue weighted by atomic mass is 10.1. The zero-order chi connectivity index (χ0) is 9.14. The van der Waals surface area contributed by atoms with Gasteiger partial charge in [0.2, 0.25) is 5.97 Å². The molecule has 12 heavy (non-hydrogen) atoms. The van der Waals surface area contributed by atoms with Crippen LogP contribution in [0.2, 0.25) is 0 Å². The van der Waals surface area contributed by atoms with E-state index in [1.165, 1.54) is 6.07 Å². The molecular weight excluding hydrogens is 155 g/mol. The largest absolute Gasteiger partial charge is 0.398 e. The third kappa shape index (κ3) is 1.61. The summed E-state index contributed by atoms with van der Waals surface area (Å²) in [4.78, 5) is 0. The Morgan fingerprint density at radius 1 is 1.58 bits per heavy atom. The van der Waals surface area contributed by atoms with Crippen molar-refractivity contribution in [3.05, 3.63) is 29.3 Å². The number of nitrogens with two attached hydrogens (primary N) is 1. The van der Waals surface area contributed by atoms with Crippen LogP contribution in [0, 0.1) is 5.41 Å². The van der Waals surface area contributed by atoms with E-state index in [4.69, 9.17) is 11.1 Å². The Labute approximate surface area is 70.7 Å². The van der Waals surface area contributed by atoms with Crippen molar-refractivity contribution in [3.8, 4) is 0 Å². The number of benzene rings is 1. The molecule has 0 spiro atoms. The Balaban J connectivity index is 3.12. The molecule has 3 N–H and O–H groups in total. The standard InChI is InChI=1S/C9H11FN2/c1-2-6-3-4-7(9(10)12)8(11)5-6/h3-5,12H,2,11H2,1H3. The van der Waals surface area contributed by atoms with E-state index >= 15 is 0 Å². The molecule has 0 aromatic heterocycles. The van der Waals surface area contributed by atoms with Gasteiger partial charge in [-0.25, -0.2) is 0 Å². The maximum Gasteiger partial charge on any atom is 0.214 e. The highest BCUT2D eigenvalue weighted by molar-refractivity contribution is 5.96. The molecule has 1 rings (SSSR count). The second-order valence-electron chi connectivity index (χ2n) is 2.59. The maximum absolute atomic E-state index is 12.4. The quantitative estimate of drug-likeness (QED) is 0.513. The molecule has 2 nitrogen and oxygen atoms in total. The van der Waals surface area contributed by atoms with E-state index < -0.39 is 5.97 Å². The fraction of sp³-hybridized carbons (Fsp3) is 0.222. The summed E-state index contributed by atoms with van der Waals surface area (Å²) < 4.78 is 12.4. The number of nitrogen functional groups attached to an aromatic ring is 1. The predicted octanol–water partition coefficient (Wildman–Crippen LogP) is 2.13. The molecule has 0 fully saturated rings. The molecule has 0 bridgehead atoms. The van der Waals surface area contributed by atoms with Crippen LogP contribution in [0.5, 0.6) is 0 Å².